The molecule has 5 nitrogen and oxygen atoms in total. The Hall–Kier alpha value is -1.34. The predicted molar refractivity (Wildman–Crippen MR) is 99.5 cm³/mol. The molecule has 1 aromatic rings. The van der Waals surface area contributed by atoms with E-state index in [4.69, 9.17) is 0 Å². The highest BCUT2D eigenvalue weighted by molar-refractivity contribution is 8.16. The normalized spacial score (nSPS) is 27.0. The van der Waals surface area contributed by atoms with Crippen molar-refractivity contribution >= 4 is 38.4 Å². The van der Waals surface area contributed by atoms with Gasteiger partial charge in [-0.3, -0.25) is 4.79 Å². The fourth-order valence-electron chi connectivity index (χ4n) is 3.15. The number of benzene rings is 1. The van der Waals surface area contributed by atoms with Gasteiger partial charge in [0, 0.05) is 16.9 Å². The lowest BCUT2D eigenvalue weighted by Crippen LogP contribution is -2.38. The summed E-state index contributed by atoms with van der Waals surface area (Å²) in [7, 11) is -3.04. The summed E-state index contributed by atoms with van der Waals surface area (Å²) in [5, 5.41) is 0.569. The Kier molecular flexibility index (Phi) is 4.51. The van der Waals surface area contributed by atoms with E-state index in [0.717, 1.165) is 16.8 Å². The molecule has 2 fully saturated rings. The van der Waals surface area contributed by atoms with Gasteiger partial charge in [0.2, 0.25) is 0 Å². The number of thioether (sulfide) groups is 1. The van der Waals surface area contributed by atoms with Crippen molar-refractivity contribution in [1.82, 2.24) is 0 Å². The van der Waals surface area contributed by atoms with Crippen molar-refractivity contribution in [2.45, 2.75) is 39.0 Å². The quantitative estimate of drug-likeness (QED) is 0.805. The molecule has 1 amide bonds. The Balaban J connectivity index is 2.06. The molecule has 24 heavy (non-hydrogen) atoms. The second-order valence-electron chi connectivity index (χ2n) is 6.85. The van der Waals surface area contributed by atoms with Gasteiger partial charge in [-0.15, -0.1) is 0 Å². The third-order valence-electron chi connectivity index (χ3n) is 4.38. The van der Waals surface area contributed by atoms with Gasteiger partial charge in [-0.1, -0.05) is 43.3 Å². The summed E-state index contributed by atoms with van der Waals surface area (Å²) >= 11 is 1.42. The van der Waals surface area contributed by atoms with Gasteiger partial charge in [0.1, 0.15) is 0 Å². The van der Waals surface area contributed by atoms with Crippen LogP contribution < -0.4 is 4.90 Å². The van der Waals surface area contributed by atoms with Crippen LogP contribution in [0.15, 0.2) is 23.2 Å². The second kappa shape index (κ2) is 6.19. The molecular weight excluding hydrogens is 344 g/mol. The first-order valence-corrected chi connectivity index (χ1v) is 10.7. The Morgan fingerprint density at radius 3 is 2.62 bits per heavy atom. The predicted octanol–water partition coefficient (Wildman–Crippen LogP) is 2.56. The number of sulfone groups is 1. The van der Waals surface area contributed by atoms with E-state index in [-0.39, 0.29) is 34.6 Å². The molecule has 7 heteroatoms. The van der Waals surface area contributed by atoms with Gasteiger partial charge in [0.05, 0.1) is 17.5 Å². The highest BCUT2D eigenvalue weighted by Crippen LogP contribution is 2.42. The van der Waals surface area contributed by atoms with Crippen molar-refractivity contribution in [3.8, 4) is 0 Å². The molecule has 3 rings (SSSR count). The smallest absolute Gasteiger partial charge is 0.250 e. The van der Waals surface area contributed by atoms with Crippen LogP contribution in [-0.2, 0) is 14.6 Å². The maximum Gasteiger partial charge on any atom is 0.250 e. The van der Waals surface area contributed by atoms with Crippen LogP contribution >= 0.6 is 11.8 Å². The average Bonchev–Trinajstić information content (AvgIpc) is 2.91. The molecule has 0 saturated carbocycles. The minimum absolute atomic E-state index is 0.0607. The molecule has 130 valence electrons. The zero-order valence-corrected chi connectivity index (χ0v) is 15.9. The van der Waals surface area contributed by atoms with Crippen molar-refractivity contribution in [3.63, 3.8) is 0 Å². The average molecular weight is 367 g/mol. The number of carbonyl (C=O) groups excluding carboxylic acids is 1. The minimum atomic E-state index is -3.04. The number of fused-ring (bicyclic) bond motifs is 1. The van der Waals surface area contributed by atoms with Gasteiger partial charge < -0.3 is 4.90 Å². The third kappa shape index (κ3) is 3.24. The number of nitrogens with zero attached hydrogens (tertiary/aromatic N) is 2. The largest absolute Gasteiger partial charge is 0.315 e. The van der Waals surface area contributed by atoms with Crippen molar-refractivity contribution in [2.75, 3.05) is 16.4 Å². The lowest BCUT2D eigenvalue weighted by Gasteiger charge is -2.26. The van der Waals surface area contributed by atoms with E-state index in [1.54, 1.807) is 0 Å². The Labute approximate surface area is 147 Å². The standard InChI is InChI=1S/C17H22N2O3S2/c1-10(2)16(20)18-17-19(13-6-5-11(3)7-12(13)4)14-8-24(21,22)9-15(14)23-17/h5-7,10,14-15H,8-9H2,1-4H3/t14-,15-/m0/s1. The number of hydrogen-bond donors (Lipinski definition) is 0. The molecule has 0 bridgehead atoms. The van der Waals surface area contributed by atoms with Crippen molar-refractivity contribution in [1.29, 1.82) is 0 Å². The SMILES string of the molecule is Cc1ccc(N2C(=NC(=O)C(C)C)S[C@H]3CS(=O)(=O)C[C@@H]32)c(C)c1. The van der Waals surface area contributed by atoms with Crippen LogP contribution in [0.25, 0.3) is 0 Å². The maximum atomic E-state index is 12.1. The summed E-state index contributed by atoms with van der Waals surface area (Å²) in [6.45, 7) is 7.67. The Morgan fingerprint density at radius 2 is 2.00 bits per heavy atom. The van der Waals surface area contributed by atoms with E-state index in [1.165, 1.54) is 11.8 Å². The van der Waals surface area contributed by atoms with E-state index in [2.05, 4.69) is 11.1 Å². The number of carbonyl (C=O) groups is 1. The first-order valence-electron chi connectivity index (χ1n) is 8.04. The molecule has 2 aliphatic heterocycles. The van der Waals surface area contributed by atoms with Crippen LogP contribution in [0.4, 0.5) is 5.69 Å². The topological polar surface area (TPSA) is 66.8 Å². The first-order chi connectivity index (χ1) is 11.2. The zero-order chi connectivity index (χ0) is 17.6. The van der Waals surface area contributed by atoms with Gasteiger partial charge in [0.15, 0.2) is 15.0 Å². The van der Waals surface area contributed by atoms with Gasteiger partial charge >= 0.3 is 0 Å². The van der Waals surface area contributed by atoms with Gasteiger partial charge in [-0.05, 0) is 25.5 Å². The number of amides is 1. The van der Waals surface area contributed by atoms with Crippen molar-refractivity contribution in [2.24, 2.45) is 10.9 Å². The molecule has 2 saturated heterocycles. The third-order valence-corrected chi connectivity index (χ3v) is 7.59. The molecule has 0 spiro atoms. The van der Waals surface area contributed by atoms with Crippen LogP contribution in [0.1, 0.15) is 25.0 Å². The van der Waals surface area contributed by atoms with Crippen LogP contribution in [0.3, 0.4) is 0 Å². The summed E-state index contributed by atoms with van der Waals surface area (Å²) in [6, 6.07) is 5.92. The summed E-state index contributed by atoms with van der Waals surface area (Å²) in [6.07, 6.45) is 0. The molecule has 0 unspecified atom stereocenters. The molecule has 0 aliphatic carbocycles. The van der Waals surface area contributed by atoms with E-state index < -0.39 is 9.84 Å². The highest BCUT2D eigenvalue weighted by atomic mass is 32.2. The summed E-state index contributed by atoms with van der Waals surface area (Å²) in [4.78, 5) is 18.4. The number of aryl methyl sites for hydroxylation is 2. The van der Waals surface area contributed by atoms with E-state index in [1.807, 2.05) is 44.7 Å². The van der Waals surface area contributed by atoms with E-state index >= 15 is 0 Å². The zero-order valence-electron chi connectivity index (χ0n) is 14.3. The second-order valence-corrected chi connectivity index (χ2v) is 10.2. The van der Waals surface area contributed by atoms with Gasteiger partial charge in [-0.2, -0.15) is 4.99 Å². The lowest BCUT2D eigenvalue weighted by molar-refractivity contribution is -0.120. The van der Waals surface area contributed by atoms with Crippen molar-refractivity contribution in [3.05, 3.63) is 29.3 Å². The minimum Gasteiger partial charge on any atom is -0.315 e. The number of amidine groups is 1. The van der Waals surface area contributed by atoms with Crippen LogP contribution in [-0.4, -0.2) is 42.3 Å². The molecule has 0 radical (unpaired) electrons. The van der Waals surface area contributed by atoms with Crippen LogP contribution in [0.5, 0.6) is 0 Å². The Morgan fingerprint density at radius 1 is 1.29 bits per heavy atom. The number of anilines is 1. The van der Waals surface area contributed by atoms with Crippen LogP contribution in [0.2, 0.25) is 0 Å². The van der Waals surface area contributed by atoms with Gasteiger partial charge in [-0.25, -0.2) is 8.42 Å². The van der Waals surface area contributed by atoms with Crippen LogP contribution in [0, 0.1) is 19.8 Å². The molecule has 2 atom stereocenters. The highest BCUT2D eigenvalue weighted by Gasteiger charge is 2.49. The number of hydrogen-bond acceptors (Lipinski definition) is 4. The Bertz CT molecular complexity index is 815. The number of rotatable bonds is 2. The summed E-state index contributed by atoms with van der Waals surface area (Å²) < 4.78 is 24.1. The first kappa shape index (κ1) is 17.5. The maximum absolute atomic E-state index is 12.1. The van der Waals surface area contributed by atoms with E-state index in [9.17, 15) is 13.2 Å². The molecule has 2 heterocycles. The molecular formula is C17H22N2O3S2. The molecule has 0 aromatic heterocycles. The van der Waals surface area contributed by atoms with Gasteiger partial charge in [0.25, 0.3) is 5.91 Å². The van der Waals surface area contributed by atoms with Crippen molar-refractivity contribution < 1.29 is 13.2 Å². The molecule has 1 aromatic carbocycles. The fraction of sp³-hybridized carbons (Fsp3) is 0.529. The monoisotopic (exact) mass is 366 g/mol. The molecule has 2 aliphatic rings. The van der Waals surface area contributed by atoms with E-state index in [0.29, 0.717) is 5.17 Å². The summed E-state index contributed by atoms with van der Waals surface area (Å²) in [5.41, 5.74) is 3.15. The summed E-state index contributed by atoms with van der Waals surface area (Å²) in [5.74, 6) is -0.0794. The lowest BCUT2D eigenvalue weighted by atomic mass is 10.1. The molecule has 0 N–H and O–H groups in total. The number of aliphatic imine (C=N–C) groups is 1. The fourth-order valence-corrected chi connectivity index (χ4v) is 7.06.